The van der Waals surface area contributed by atoms with Gasteiger partial charge in [0.05, 0.1) is 10.8 Å². The van der Waals surface area contributed by atoms with Crippen LogP contribution in [0.3, 0.4) is 0 Å². The molecule has 21 heavy (non-hydrogen) atoms. The number of hydrogen-bond acceptors (Lipinski definition) is 4. The maximum Gasteiger partial charge on any atom is 0.338 e. The molecule has 0 aromatic heterocycles. The maximum absolute atomic E-state index is 13.3. The van der Waals surface area contributed by atoms with Gasteiger partial charge in [-0.2, -0.15) is 0 Å². The van der Waals surface area contributed by atoms with E-state index in [0.29, 0.717) is 4.90 Å². The van der Waals surface area contributed by atoms with Crippen molar-refractivity contribution >= 4 is 29.5 Å². The molecule has 1 saturated heterocycles. The molecule has 3 rings (SSSR count). The molecule has 1 saturated carbocycles. The van der Waals surface area contributed by atoms with Crippen LogP contribution in [-0.4, -0.2) is 39.1 Å². The van der Waals surface area contributed by atoms with E-state index in [1.807, 2.05) is 0 Å². The number of carbonyl (C=O) groups is 3. The molecule has 110 valence electrons. The highest BCUT2D eigenvalue weighted by atomic mass is 32.2. The molecule has 0 spiro atoms. The zero-order valence-corrected chi connectivity index (χ0v) is 11.7. The van der Waals surface area contributed by atoms with Gasteiger partial charge in [0, 0.05) is 17.4 Å². The first-order valence-electron chi connectivity index (χ1n) is 6.53. The van der Waals surface area contributed by atoms with Crippen molar-refractivity contribution in [1.82, 2.24) is 4.90 Å². The number of hydrogen-bond donors (Lipinski definition) is 1. The van der Waals surface area contributed by atoms with Crippen LogP contribution in [0.5, 0.6) is 0 Å². The summed E-state index contributed by atoms with van der Waals surface area (Å²) >= 11 is 1.11. The van der Waals surface area contributed by atoms with Gasteiger partial charge in [0.2, 0.25) is 11.8 Å². The van der Waals surface area contributed by atoms with Crippen molar-refractivity contribution in [2.24, 2.45) is 0 Å². The molecular formula is C14H12FNO4S. The lowest BCUT2D eigenvalue weighted by Gasteiger charge is -2.13. The highest BCUT2D eigenvalue weighted by Crippen LogP contribution is 2.37. The Labute approximate surface area is 124 Å². The second-order valence-corrected chi connectivity index (χ2v) is 6.37. The second-order valence-electron chi connectivity index (χ2n) is 5.09. The van der Waals surface area contributed by atoms with Gasteiger partial charge in [-0.1, -0.05) is 0 Å². The predicted molar refractivity (Wildman–Crippen MR) is 72.5 cm³/mol. The number of rotatable bonds is 4. The summed E-state index contributed by atoms with van der Waals surface area (Å²) in [6.07, 6.45) is 1.82. The maximum atomic E-state index is 13.3. The van der Waals surface area contributed by atoms with Crippen molar-refractivity contribution in [3.63, 3.8) is 0 Å². The summed E-state index contributed by atoms with van der Waals surface area (Å²) in [4.78, 5) is 36.7. The zero-order valence-electron chi connectivity index (χ0n) is 10.9. The number of carboxylic acid groups (broad SMARTS) is 1. The average molecular weight is 309 g/mol. The van der Waals surface area contributed by atoms with Crippen LogP contribution in [0, 0.1) is 5.82 Å². The molecule has 0 bridgehead atoms. The summed E-state index contributed by atoms with van der Waals surface area (Å²) in [6.45, 7) is 0. The molecular weight excluding hydrogens is 297 g/mol. The minimum atomic E-state index is -1.36. The number of nitrogens with zero attached hydrogens (tertiary/aromatic N) is 1. The van der Waals surface area contributed by atoms with Gasteiger partial charge in [0.1, 0.15) is 5.82 Å². The molecule has 2 amide bonds. The number of amides is 2. The van der Waals surface area contributed by atoms with E-state index >= 15 is 0 Å². The molecule has 1 aromatic carbocycles. The minimum Gasteiger partial charge on any atom is -0.478 e. The van der Waals surface area contributed by atoms with Crippen molar-refractivity contribution in [2.75, 3.05) is 0 Å². The minimum absolute atomic E-state index is 0.0402. The largest absolute Gasteiger partial charge is 0.478 e. The standard InChI is InChI=1S/C14H12FNO4S/c15-10-4-3-8(5-9(10)14(19)20)21-11-6-12(17)16(13(11)18)7-1-2-7/h3-5,7,11H,1-2,6H2,(H,19,20). The summed E-state index contributed by atoms with van der Waals surface area (Å²) in [5, 5.41) is 8.34. The predicted octanol–water partition coefficient (Wildman–Crippen LogP) is 1.91. The van der Waals surface area contributed by atoms with Crippen molar-refractivity contribution in [3.05, 3.63) is 29.6 Å². The zero-order chi connectivity index (χ0) is 15.1. The third-order valence-corrected chi connectivity index (χ3v) is 4.68. The van der Waals surface area contributed by atoms with Crippen molar-refractivity contribution in [1.29, 1.82) is 0 Å². The van der Waals surface area contributed by atoms with Crippen LogP contribution in [0.25, 0.3) is 0 Å². The molecule has 0 radical (unpaired) electrons. The van der Waals surface area contributed by atoms with E-state index in [0.717, 1.165) is 30.7 Å². The number of imide groups is 1. The van der Waals surface area contributed by atoms with Gasteiger partial charge in [-0.05, 0) is 31.0 Å². The number of halogens is 1. The Balaban J connectivity index is 1.78. The summed E-state index contributed by atoms with van der Waals surface area (Å²) in [7, 11) is 0. The van der Waals surface area contributed by atoms with Gasteiger partial charge in [-0.15, -0.1) is 11.8 Å². The van der Waals surface area contributed by atoms with E-state index in [-0.39, 0.29) is 24.3 Å². The molecule has 1 heterocycles. The molecule has 1 N–H and O–H groups in total. The summed E-state index contributed by atoms with van der Waals surface area (Å²) in [5.74, 6) is -2.59. The first-order chi connectivity index (χ1) is 9.97. The van der Waals surface area contributed by atoms with E-state index < -0.39 is 22.6 Å². The van der Waals surface area contributed by atoms with Crippen LogP contribution in [0.15, 0.2) is 23.1 Å². The summed E-state index contributed by atoms with van der Waals surface area (Å²) in [6, 6.07) is 3.72. The lowest BCUT2D eigenvalue weighted by atomic mass is 10.2. The lowest BCUT2D eigenvalue weighted by molar-refractivity contribution is -0.138. The van der Waals surface area contributed by atoms with Crippen LogP contribution in [0.4, 0.5) is 4.39 Å². The van der Waals surface area contributed by atoms with Gasteiger partial charge < -0.3 is 5.11 Å². The van der Waals surface area contributed by atoms with E-state index in [2.05, 4.69) is 0 Å². The SMILES string of the molecule is O=C(O)c1cc(SC2CC(=O)N(C3CC3)C2=O)ccc1F. The molecule has 1 aliphatic heterocycles. The monoisotopic (exact) mass is 309 g/mol. The number of benzene rings is 1. The van der Waals surface area contributed by atoms with Crippen molar-refractivity contribution < 1.29 is 23.9 Å². The number of carboxylic acids is 1. The highest BCUT2D eigenvalue weighted by molar-refractivity contribution is 8.00. The first-order valence-corrected chi connectivity index (χ1v) is 7.40. The third-order valence-electron chi connectivity index (χ3n) is 3.50. The van der Waals surface area contributed by atoms with Crippen LogP contribution in [-0.2, 0) is 9.59 Å². The highest BCUT2D eigenvalue weighted by Gasteiger charge is 2.46. The number of likely N-dealkylation sites (tertiary alicyclic amines) is 1. The van der Waals surface area contributed by atoms with Gasteiger partial charge in [0.15, 0.2) is 0 Å². The fourth-order valence-electron chi connectivity index (χ4n) is 2.34. The quantitative estimate of drug-likeness (QED) is 0.860. The fraction of sp³-hybridized carbons (Fsp3) is 0.357. The molecule has 2 fully saturated rings. The van der Waals surface area contributed by atoms with Crippen LogP contribution in [0.1, 0.15) is 29.6 Å². The van der Waals surface area contributed by atoms with Gasteiger partial charge in [-0.25, -0.2) is 9.18 Å². The third kappa shape index (κ3) is 2.65. The smallest absolute Gasteiger partial charge is 0.338 e. The molecule has 1 aliphatic carbocycles. The Hall–Kier alpha value is -1.89. The van der Waals surface area contributed by atoms with E-state index in [9.17, 15) is 18.8 Å². The average Bonchev–Trinajstić information content (AvgIpc) is 3.20. The van der Waals surface area contributed by atoms with Gasteiger partial charge in [-0.3, -0.25) is 14.5 Å². The van der Waals surface area contributed by atoms with Gasteiger partial charge >= 0.3 is 5.97 Å². The first kappa shape index (κ1) is 14.1. The molecule has 1 aromatic rings. The van der Waals surface area contributed by atoms with E-state index in [1.54, 1.807) is 0 Å². The number of aromatic carboxylic acids is 1. The van der Waals surface area contributed by atoms with E-state index in [4.69, 9.17) is 5.11 Å². The topological polar surface area (TPSA) is 74.7 Å². The Morgan fingerprint density at radius 3 is 2.67 bits per heavy atom. The van der Waals surface area contributed by atoms with Crippen LogP contribution < -0.4 is 0 Å². The fourth-order valence-corrected chi connectivity index (χ4v) is 3.44. The summed E-state index contributed by atoms with van der Waals surface area (Å²) in [5.41, 5.74) is -0.434. The summed E-state index contributed by atoms with van der Waals surface area (Å²) < 4.78 is 13.3. The van der Waals surface area contributed by atoms with Crippen molar-refractivity contribution in [3.8, 4) is 0 Å². The molecule has 7 heteroatoms. The molecule has 1 unspecified atom stereocenters. The Bertz CT molecular complexity index is 644. The molecule has 5 nitrogen and oxygen atoms in total. The Kier molecular flexibility index (Phi) is 3.44. The Morgan fingerprint density at radius 2 is 2.05 bits per heavy atom. The lowest BCUT2D eigenvalue weighted by Crippen LogP contribution is -2.33. The van der Waals surface area contributed by atoms with Crippen molar-refractivity contribution in [2.45, 2.75) is 35.4 Å². The molecule has 1 atom stereocenters. The van der Waals surface area contributed by atoms with E-state index in [1.165, 1.54) is 17.0 Å². The second kappa shape index (κ2) is 5.14. The molecule has 2 aliphatic rings. The van der Waals surface area contributed by atoms with Crippen LogP contribution >= 0.6 is 11.8 Å². The van der Waals surface area contributed by atoms with Gasteiger partial charge in [0.25, 0.3) is 0 Å². The Morgan fingerprint density at radius 1 is 1.33 bits per heavy atom. The normalized spacial score (nSPS) is 22.0. The van der Waals surface area contributed by atoms with Crippen LogP contribution in [0.2, 0.25) is 0 Å². The number of thioether (sulfide) groups is 1. The number of carbonyl (C=O) groups excluding carboxylic acids is 2.